The molecule has 0 radical (unpaired) electrons. The summed E-state index contributed by atoms with van der Waals surface area (Å²) >= 11 is 0. The number of amides is 2. The molecule has 1 N–H and O–H groups in total. The molecule has 0 unspecified atom stereocenters. The number of benzene rings is 1. The fraction of sp³-hybridized carbons (Fsp3) is 0.211. The number of rotatable bonds is 8. The van der Waals surface area contributed by atoms with Crippen LogP contribution in [0, 0.1) is 0 Å². The first-order valence-electron chi connectivity index (χ1n) is 7.97. The Bertz CT molecular complexity index is 762. The summed E-state index contributed by atoms with van der Waals surface area (Å²) in [7, 11) is 2.91. The van der Waals surface area contributed by atoms with Crippen LogP contribution in [0.15, 0.2) is 54.9 Å². The maximum Gasteiger partial charge on any atom is 0.283 e. The first-order valence-corrected chi connectivity index (χ1v) is 7.97. The molecule has 7 heteroatoms. The maximum atomic E-state index is 12.0. The van der Waals surface area contributed by atoms with Crippen LogP contribution in [-0.4, -0.2) is 42.6 Å². The lowest BCUT2D eigenvalue weighted by molar-refractivity contribution is -0.170. The third-order valence-electron chi connectivity index (χ3n) is 3.50. The van der Waals surface area contributed by atoms with E-state index < -0.39 is 0 Å². The molecule has 26 heavy (non-hydrogen) atoms. The topological polar surface area (TPSA) is 80.8 Å². The third-order valence-corrected chi connectivity index (χ3v) is 3.50. The van der Waals surface area contributed by atoms with Gasteiger partial charge in [0, 0.05) is 37.6 Å². The van der Waals surface area contributed by atoms with Crippen molar-refractivity contribution in [3.63, 3.8) is 0 Å². The summed E-state index contributed by atoms with van der Waals surface area (Å²) in [4.78, 5) is 32.5. The third kappa shape index (κ3) is 6.03. The molecule has 0 saturated carbocycles. The van der Waals surface area contributed by atoms with Crippen molar-refractivity contribution >= 4 is 17.9 Å². The number of para-hydroxylation sites is 1. The standard InChI is InChI=1S/C19H21N3O4/c1-22(25-2)19(24)14-26-17-8-4-3-7-16(17)9-10-18(23)21-13-15-6-5-11-20-12-15/h3-12H,13-14H2,1-2H3,(H,21,23). The van der Waals surface area contributed by atoms with E-state index in [0.717, 1.165) is 10.6 Å². The van der Waals surface area contributed by atoms with Crippen molar-refractivity contribution in [3.05, 3.63) is 66.0 Å². The first-order chi connectivity index (χ1) is 12.6. The van der Waals surface area contributed by atoms with Gasteiger partial charge in [0.15, 0.2) is 6.61 Å². The van der Waals surface area contributed by atoms with Crippen molar-refractivity contribution < 1.29 is 19.2 Å². The Hall–Kier alpha value is -3.19. The van der Waals surface area contributed by atoms with Crippen LogP contribution in [0.2, 0.25) is 0 Å². The van der Waals surface area contributed by atoms with Crippen LogP contribution in [0.5, 0.6) is 5.75 Å². The molecule has 0 atom stereocenters. The highest BCUT2D eigenvalue weighted by Crippen LogP contribution is 2.19. The smallest absolute Gasteiger partial charge is 0.283 e. The van der Waals surface area contributed by atoms with Crippen LogP contribution in [0.4, 0.5) is 0 Å². The Morgan fingerprint density at radius 1 is 1.23 bits per heavy atom. The first kappa shape index (κ1) is 19.1. The monoisotopic (exact) mass is 355 g/mol. The molecule has 0 saturated heterocycles. The molecule has 0 aliphatic heterocycles. The number of hydrogen-bond acceptors (Lipinski definition) is 5. The van der Waals surface area contributed by atoms with E-state index >= 15 is 0 Å². The van der Waals surface area contributed by atoms with Crippen LogP contribution in [-0.2, 0) is 21.0 Å². The predicted molar refractivity (Wildman–Crippen MR) is 96.8 cm³/mol. The highest BCUT2D eigenvalue weighted by atomic mass is 16.7. The number of ether oxygens (including phenoxy) is 1. The summed E-state index contributed by atoms with van der Waals surface area (Å²) < 4.78 is 5.52. The van der Waals surface area contributed by atoms with Gasteiger partial charge in [-0.1, -0.05) is 24.3 Å². The molecule has 0 aliphatic rings. The zero-order valence-electron chi connectivity index (χ0n) is 14.7. The van der Waals surface area contributed by atoms with Gasteiger partial charge in [-0.05, 0) is 23.8 Å². The lowest BCUT2D eigenvalue weighted by Crippen LogP contribution is -2.30. The van der Waals surface area contributed by atoms with Crippen LogP contribution in [0.25, 0.3) is 6.08 Å². The predicted octanol–water partition coefficient (Wildman–Crippen LogP) is 1.81. The van der Waals surface area contributed by atoms with E-state index in [1.54, 1.807) is 36.7 Å². The van der Waals surface area contributed by atoms with Gasteiger partial charge in [0.25, 0.3) is 5.91 Å². The molecule has 0 spiro atoms. The van der Waals surface area contributed by atoms with E-state index in [1.807, 2.05) is 18.2 Å². The molecular formula is C19H21N3O4. The normalized spacial score (nSPS) is 10.5. The number of carbonyl (C=O) groups is 2. The fourth-order valence-corrected chi connectivity index (χ4v) is 2.00. The summed E-state index contributed by atoms with van der Waals surface area (Å²) in [6.45, 7) is 0.232. The SMILES string of the molecule is CON(C)C(=O)COc1ccccc1C=CC(=O)NCc1cccnc1. The Kier molecular flexibility index (Phi) is 7.32. The molecule has 2 amide bonds. The number of pyridine rings is 1. The van der Waals surface area contributed by atoms with E-state index in [4.69, 9.17) is 9.57 Å². The number of carbonyl (C=O) groups excluding carboxylic acids is 2. The number of hydrogen-bond donors (Lipinski definition) is 1. The number of nitrogens with one attached hydrogen (secondary N) is 1. The van der Waals surface area contributed by atoms with Crippen molar-refractivity contribution in [2.75, 3.05) is 20.8 Å². The van der Waals surface area contributed by atoms with Crippen molar-refractivity contribution in [2.24, 2.45) is 0 Å². The van der Waals surface area contributed by atoms with Gasteiger partial charge >= 0.3 is 0 Å². The van der Waals surface area contributed by atoms with Gasteiger partial charge in [0.2, 0.25) is 5.91 Å². The average molecular weight is 355 g/mol. The zero-order valence-corrected chi connectivity index (χ0v) is 14.7. The van der Waals surface area contributed by atoms with Gasteiger partial charge in [0.05, 0.1) is 7.11 Å². The van der Waals surface area contributed by atoms with Gasteiger partial charge in [-0.3, -0.25) is 19.4 Å². The average Bonchev–Trinajstić information content (AvgIpc) is 2.69. The lowest BCUT2D eigenvalue weighted by atomic mass is 10.2. The molecule has 1 heterocycles. The summed E-state index contributed by atoms with van der Waals surface area (Å²) in [6.07, 6.45) is 6.43. The summed E-state index contributed by atoms with van der Waals surface area (Å²) in [5.74, 6) is -0.0546. The minimum atomic E-state index is -0.319. The molecule has 1 aromatic heterocycles. The van der Waals surface area contributed by atoms with Crippen molar-refractivity contribution in [3.8, 4) is 5.75 Å². The molecule has 136 valence electrons. The van der Waals surface area contributed by atoms with Gasteiger partial charge < -0.3 is 10.1 Å². The molecule has 0 bridgehead atoms. The van der Waals surface area contributed by atoms with E-state index in [9.17, 15) is 9.59 Å². The summed E-state index contributed by atoms with van der Waals surface area (Å²) in [5.41, 5.74) is 1.61. The second-order valence-electron chi connectivity index (χ2n) is 5.31. The molecule has 7 nitrogen and oxygen atoms in total. The van der Waals surface area contributed by atoms with Crippen LogP contribution in [0.3, 0.4) is 0 Å². The molecule has 0 fully saturated rings. The minimum absolute atomic E-state index is 0.164. The number of hydroxylamine groups is 2. The minimum Gasteiger partial charge on any atom is -0.483 e. The van der Waals surface area contributed by atoms with Gasteiger partial charge in [-0.2, -0.15) is 0 Å². The Labute approximate surface area is 152 Å². The van der Waals surface area contributed by atoms with Crippen LogP contribution in [0.1, 0.15) is 11.1 Å². The molecular weight excluding hydrogens is 334 g/mol. The van der Waals surface area contributed by atoms with Crippen LogP contribution >= 0.6 is 0 Å². The Morgan fingerprint density at radius 3 is 2.77 bits per heavy atom. The van der Waals surface area contributed by atoms with Crippen molar-refractivity contribution in [1.29, 1.82) is 0 Å². The van der Waals surface area contributed by atoms with Gasteiger partial charge in [-0.15, -0.1) is 0 Å². The number of aromatic nitrogens is 1. The van der Waals surface area contributed by atoms with Crippen molar-refractivity contribution in [2.45, 2.75) is 6.54 Å². The van der Waals surface area contributed by atoms with Crippen molar-refractivity contribution in [1.82, 2.24) is 15.4 Å². The summed E-state index contributed by atoms with van der Waals surface area (Å²) in [6, 6.07) is 10.8. The van der Waals surface area contributed by atoms with E-state index in [0.29, 0.717) is 17.9 Å². The van der Waals surface area contributed by atoms with E-state index in [1.165, 1.54) is 20.2 Å². The number of nitrogens with zero attached hydrogens (tertiary/aromatic N) is 2. The van der Waals surface area contributed by atoms with Gasteiger partial charge in [0.1, 0.15) is 5.75 Å². The highest BCUT2D eigenvalue weighted by molar-refractivity contribution is 5.92. The molecule has 2 rings (SSSR count). The Balaban J connectivity index is 1.92. The largest absolute Gasteiger partial charge is 0.483 e. The fourth-order valence-electron chi connectivity index (χ4n) is 2.00. The maximum absolute atomic E-state index is 12.0. The highest BCUT2D eigenvalue weighted by Gasteiger charge is 2.10. The van der Waals surface area contributed by atoms with E-state index in [2.05, 4.69) is 10.3 Å². The second kappa shape index (κ2) is 9.95. The van der Waals surface area contributed by atoms with Gasteiger partial charge in [-0.25, -0.2) is 5.06 Å². The zero-order chi connectivity index (χ0) is 18.8. The molecule has 0 aliphatic carbocycles. The van der Waals surface area contributed by atoms with Crippen LogP contribution < -0.4 is 10.1 Å². The summed E-state index contributed by atoms with van der Waals surface area (Å²) in [5, 5.41) is 3.87. The lowest BCUT2D eigenvalue weighted by Gasteiger charge is -2.14. The quantitative estimate of drug-likeness (QED) is 0.577. The number of likely N-dealkylation sites (N-methyl/N-ethyl adjacent to an activating group) is 1. The molecule has 2 aromatic rings. The van der Waals surface area contributed by atoms with E-state index in [-0.39, 0.29) is 18.4 Å². The second-order valence-corrected chi connectivity index (χ2v) is 5.31. The molecule has 1 aromatic carbocycles. The Morgan fingerprint density at radius 2 is 2.04 bits per heavy atom.